The molecule has 150 valence electrons. The lowest BCUT2D eigenvalue weighted by Crippen LogP contribution is -2.44. The zero-order valence-electron chi connectivity index (χ0n) is 15.7. The highest BCUT2D eigenvalue weighted by Gasteiger charge is 2.28. The molecular weight excluding hydrogens is 378 g/mol. The van der Waals surface area contributed by atoms with Gasteiger partial charge in [-0.25, -0.2) is 13.1 Å². The van der Waals surface area contributed by atoms with Crippen molar-refractivity contribution < 1.29 is 17.6 Å². The molecular formula is C20H25N3O4S. The van der Waals surface area contributed by atoms with E-state index < -0.39 is 10.0 Å². The van der Waals surface area contributed by atoms with Crippen LogP contribution in [0.25, 0.3) is 11.0 Å². The molecule has 0 atom stereocenters. The van der Waals surface area contributed by atoms with Gasteiger partial charge in [0.15, 0.2) is 5.76 Å². The molecule has 1 saturated heterocycles. The number of likely N-dealkylation sites (tertiary alicyclic amines) is 1. The van der Waals surface area contributed by atoms with E-state index in [4.69, 9.17) is 4.42 Å². The zero-order chi connectivity index (χ0) is 19.7. The molecule has 2 fully saturated rings. The number of rotatable bonds is 7. The predicted octanol–water partition coefficient (Wildman–Crippen LogP) is 2.25. The Morgan fingerprint density at radius 2 is 1.93 bits per heavy atom. The van der Waals surface area contributed by atoms with E-state index in [1.54, 1.807) is 18.2 Å². The van der Waals surface area contributed by atoms with Gasteiger partial charge < -0.3 is 9.73 Å². The summed E-state index contributed by atoms with van der Waals surface area (Å²) in [4.78, 5) is 15.0. The quantitative estimate of drug-likeness (QED) is 0.692. The first-order valence-electron chi connectivity index (χ1n) is 9.64. The summed E-state index contributed by atoms with van der Waals surface area (Å²) in [5.74, 6) is -0.0629. The van der Waals surface area contributed by atoms with E-state index in [-0.39, 0.29) is 28.6 Å². The van der Waals surface area contributed by atoms with Gasteiger partial charge >= 0.3 is 0 Å². The summed E-state index contributed by atoms with van der Waals surface area (Å²) in [5, 5.41) is 3.62. The monoisotopic (exact) mass is 403 g/mol. The third-order valence-corrected chi connectivity index (χ3v) is 6.75. The molecule has 2 aliphatic rings. The minimum atomic E-state index is -3.54. The van der Waals surface area contributed by atoms with Gasteiger partial charge in [0.05, 0.1) is 4.90 Å². The number of hydrogen-bond acceptors (Lipinski definition) is 5. The maximum absolute atomic E-state index is 12.6. The van der Waals surface area contributed by atoms with Gasteiger partial charge in [0.2, 0.25) is 10.0 Å². The SMILES string of the molecule is C=CCN1CCC(NC(=O)c2cc3cc(S(=O)(=O)NC4CC4)ccc3o2)CC1. The molecule has 7 nitrogen and oxygen atoms in total. The van der Waals surface area contributed by atoms with Crippen molar-refractivity contribution in [3.8, 4) is 0 Å². The Bertz CT molecular complexity index is 986. The smallest absolute Gasteiger partial charge is 0.287 e. The van der Waals surface area contributed by atoms with Crippen LogP contribution in [0.5, 0.6) is 0 Å². The number of nitrogens with zero attached hydrogens (tertiary/aromatic N) is 1. The summed E-state index contributed by atoms with van der Waals surface area (Å²) in [6.45, 7) is 6.47. The molecule has 28 heavy (non-hydrogen) atoms. The number of piperidine rings is 1. The number of benzene rings is 1. The molecule has 2 heterocycles. The number of nitrogens with one attached hydrogen (secondary N) is 2. The molecule has 0 spiro atoms. The standard InChI is InChI=1S/C20H25N3O4S/c1-2-9-23-10-7-15(8-11-23)21-20(24)19-13-14-12-17(5-6-18(14)27-19)28(25,26)22-16-3-4-16/h2,5-6,12-13,15-16,22H,1,3-4,7-11H2,(H,21,24). The summed E-state index contributed by atoms with van der Waals surface area (Å²) in [6, 6.07) is 6.42. The van der Waals surface area contributed by atoms with Crippen LogP contribution in [0.15, 0.2) is 46.2 Å². The average molecular weight is 404 g/mol. The first-order valence-corrected chi connectivity index (χ1v) is 11.1. The van der Waals surface area contributed by atoms with Crippen molar-refractivity contribution in [2.75, 3.05) is 19.6 Å². The molecule has 1 aromatic heterocycles. The molecule has 0 bridgehead atoms. The second-order valence-electron chi connectivity index (χ2n) is 7.54. The maximum atomic E-state index is 12.6. The van der Waals surface area contributed by atoms with Gasteiger partial charge in [-0.15, -0.1) is 6.58 Å². The van der Waals surface area contributed by atoms with Crippen LogP contribution >= 0.6 is 0 Å². The van der Waals surface area contributed by atoms with Gasteiger partial charge in [-0.05, 0) is 49.9 Å². The minimum Gasteiger partial charge on any atom is -0.451 e. The third-order valence-electron chi connectivity index (χ3n) is 5.23. The van der Waals surface area contributed by atoms with E-state index in [0.717, 1.165) is 45.3 Å². The number of fused-ring (bicyclic) bond motifs is 1. The summed E-state index contributed by atoms with van der Waals surface area (Å²) in [7, 11) is -3.54. The fraction of sp³-hybridized carbons (Fsp3) is 0.450. The highest BCUT2D eigenvalue weighted by atomic mass is 32.2. The fourth-order valence-electron chi connectivity index (χ4n) is 3.49. The summed E-state index contributed by atoms with van der Waals surface area (Å²) in [5.41, 5.74) is 0.497. The first-order chi connectivity index (χ1) is 13.4. The number of hydrogen-bond donors (Lipinski definition) is 2. The average Bonchev–Trinajstić information content (AvgIpc) is 3.36. The Morgan fingerprint density at radius 1 is 1.18 bits per heavy atom. The number of furan rings is 1. The number of carbonyl (C=O) groups is 1. The lowest BCUT2D eigenvalue weighted by molar-refractivity contribution is 0.0888. The van der Waals surface area contributed by atoms with Crippen molar-refractivity contribution in [1.82, 2.24) is 14.9 Å². The van der Waals surface area contributed by atoms with Gasteiger partial charge in [0.1, 0.15) is 5.58 Å². The van der Waals surface area contributed by atoms with Crippen molar-refractivity contribution in [1.29, 1.82) is 0 Å². The Kier molecular flexibility index (Phi) is 5.27. The normalized spacial score (nSPS) is 19.0. The second kappa shape index (κ2) is 7.69. The molecule has 1 aliphatic heterocycles. The van der Waals surface area contributed by atoms with Crippen LogP contribution in [0, 0.1) is 0 Å². The second-order valence-corrected chi connectivity index (χ2v) is 9.26. The lowest BCUT2D eigenvalue weighted by Gasteiger charge is -2.31. The molecule has 2 aromatic rings. The summed E-state index contributed by atoms with van der Waals surface area (Å²) in [6.07, 6.45) is 5.42. The molecule has 0 unspecified atom stereocenters. The van der Waals surface area contributed by atoms with Crippen LogP contribution < -0.4 is 10.0 Å². The lowest BCUT2D eigenvalue weighted by atomic mass is 10.0. The van der Waals surface area contributed by atoms with E-state index in [1.807, 2.05) is 6.08 Å². The van der Waals surface area contributed by atoms with Crippen LogP contribution in [-0.4, -0.2) is 50.9 Å². The van der Waals surface area contributed by atoms with Gasteiger partial charge in [-0.1, -0.05) is 6.08 Å². The van der Waals surface area contributed by atoms with E-state index in [9.17, 15) is 13.2 Å². The van der Waals surface area contributed by atoms with E-state index in [0.29, 0.717) is 11.0 Å². The molecule has 0 radical (unpaired) electrons. The number of sulfonamides is 1. The largest absolute Gasteiger partial charge is 0.451 e. The van der Waals surface area contributed by atoms with Crippen molar-refractivity contribution in [2.45, 2.75) is 42.7 Å². The van der Waals surface area contributed by atoms with Crippen molar-refractivity contribution in [2.24, 2.45) is 0 Å². The Balaban J connectivity index is 1.44. The topological polar surface area (TPSA) is 91.7 Å². The summed E-state index contributed by atoms with van der Waals surface area (Å²) < 4.78 is 33.0. The number of carbonyl (C=O) groups excluding carboxylic acids is 1. The Labute approximate surface area is 164 Å². The minimum absolute atomic E-state index is 0.0456. The van der Waals surface area contributed by atoms with Gasteiger partial charge in [-0.3, -0.25) is 9.69 Å². The van der Waals surface area contributed by atoms with Crippen LogP contribution in [0.4, 0.5) is 0 Å². The maximum Gasteiger partial charge on any atom is 0.287 e. The first kappa shape index (κ1) is 19.2. The zero-order valence-corrected chi connectivity index (χ0v) is 16.5. The highest BCUT2D eigenvalue weighted by Crippen LogP contribution is 2.26. The van der Waals surface area contributed by atoms with Gasteiger partial charge in [0, 0.05) is 37.1 Å². The molecule has 1 aromatic carbocycles. The van der Waals surface area contributed by atoms with Gasteiger partial charge in [0.25, 0.3) is 5.91 Å². The van der Waals surface area contributed by atoms with Crippen molar-refractivity contribution in [3.05, 3.63) is 42.7 Å². The van der Waals surface area contributed by atoms with Gasteiger partial charge in [-0.2, -0.15) is 0 Å². The molecule has 2 N–H and O–H groups in total. The fourth-order valence-corrected chi connectivity index (χ4v) is 4.83. The Hall–Kier alpha value is -2.16. The van der Waals surface area contributed by atoms with E-state index in [1.165, 1.54) is 6.07 Å². The molecule has 8 heteroatoms. The van der Waals surface area contributed by atoms with Crippen molar-refractivity contribution in [3.63, 3.8) is 0 Å². The van der Waals surface area contributed by atoms with Crippen LogP contribution in [0.2, 0.25) is 0 Å². The van der Waals surface area contributed by atoms with E-state index in [2.05, 4.69) is 21.5 Å². The third kappa shape index (κ3) is 4.29. The van der Waals surface area contributed by atoms with Crippen LogP contribution in [0.3, 0.4) is 0 Å². The van der Waals surface area contributed by atoms with Crippen LogP contribution in [-0.2, 0) is 10.0 Å². The van der Waals surface area contributed by atoms with E-state index >= 15 is 0 Å². The highest BCUT2D eigenvalue weighted by molar-refractivity contribution is 7.89. The Morgan fingerprint density at radius 3 is 2.61 bits per heavy atom. The molecule has 1 aliphatic carbocycles. The molecule has 1 saturated carbocycles. The summed E-state index contributed by atoms with van der Waals surface area (Å²) >= 11 is 0. The predicted molar refractivity (Wildman–Crippen MR) is 107 cm³/mol. The number of amides is 1. The van der Waals surface area contributed by atoms with Crippen LogP contribution in [0.1, 0.15) is 36.2 Å². The molecule has 1 amide bonds. The molecule has 4 rings (SSSR count). The van der Waals surface area contributed by atoms with Crippen molar-refractivity contribution >= 4 is 26.9 Å².